The molecule has 0 unspecified atom stereocenters. The molecular weight excluding hydrogens is 848 g/mol. The highest BCUT2D eigenvalue weighted by molar-refractivity contribution is 7.89. The molecule has 14 atom stereocenters. The fraction of sp³-hybridized carbons (Fsp3) is 0.804. The largest absolute Gasteiger partial charge is 0.459 e. The maximum absolute atomic E-state index is 14.7. The molecule has 1 saturated carbocycles. The van der Waals surface area contributed by atoms with E-state index in [4.69, 9.17) is 18.9 Å². The minimum atomic E-state index is -3.63. The van der Waals surface area contributed by atoms with E-state index in [-0.39, 0.29) is 34.9 Å². The van der Waals surface area contributed by atoms with Crippen LogP contribution in [0.25, 0.3) is 0 Å². The average Bonchev–Trinajstić information content (AvgIpc) is 3.92. The maximum atomic E-state index is 14.7. The zero-order valence-corrected chi connectivity index (χ0v) is 40.7. The molecule has 5 rings (SSSR count). The van der Waals surface area contributed by atoms with Crippen molar-refractivity contribution in [2.45, 2.75) is 184 Å². The Morgan fingerprint density at radius 2 is 1.75 bits per heavy atom. The van der Waals surface area contributed by atoms with E-state index in [2.05, 4.69) is 19.9 Å². The molecule has 2 saturated heterocycles. The Labute approximate surface area is 380 Å². The number of rotatable bonds is 15. The van der Waals surface area contributed by atoms with Crippen LogP contribution in [0.2, 0.25) is 0 Å². The number of sulfonamides is 1. The minimum Gasteiger partial charge on any atom is -0.459 e. The molecule has 364 valence electrons. The zero-order valence-electron chi connectivity index (χ0n) is 39.9. The third-order valence-corrected chi connectivity index (χ3v) is 15.4. The predicted molar refractivity (Wildman–Crippen MR) is 239 cm³/mol. The van der Waals surface area contributed by atoms with Gasteiger partial charge in [-0.2, -0.15) is 0 Å². The first kappa shape index (κ1) is 52.3. The average molecular weight is 925 g/mol. The van der Waals surface area contributed by atoms with Gasteiger partial charge in [0.15, 0.2) is 6.29 Å². The molecule has 0 bridgehead atoms. The second-order valence-electron chi connectivity index (χ2n) is 19.8. The number of aliphatic hydroxyl groups excluding tert-OH is 1. The van der Waals surface area contributed by atoms with E-state index < -0.39 is 82.6 Å². The van der Waals surface area contributed by atoms with E-state index in [1.54, 1.807) is 32.2 Å². The predicted octanol–water partition coefficient (Wildman–Crippen LogP) is 4.58. The van der Waals surface area contributed by atoms with Gasteiger partial charge in [-0.3, -0.25) is 4.79 Å². The van der Waals surface area contributed by atoms with Crippen LogP contribution in [0.1, 0.15) is 124 Å². The van der Waals surface area contributed by atoms with Gasteiger partial charge in [-0.1, -0.05) is 45.0 Å². The van der Waals surface area contributed by atoms with Gasteiger partial charge in [0, 0.05) is 57.4 Å². The van der Waals surface area contributed by atoms with Crippen LogP contribution >= 0.6 is 0 Å². The molecule has 1 aromatic carbocycles. The molecule has 0 amide bonds. The van der Waals surface area contributed by atoms with Gasteiger partial charge in [0.25, 0.3) is 0 Å². The number of aliphatic hydroxyl groups is 3. The van der Waals surface area contributed by atoms with Gasteiger partial charge in [-0.25, -0.2) is 22.2 Å². The summed E-state index contributed by atoms with van der Waals surface area (Å²) in [5.74, 6) is -1.40. The monoisotopic (exact) mass is 925 g/mol. The van der Waals surface area contributed by atoms with Crippen molar-refractivity contribution >= 4 is 16.0 Å². The number of likely N-dealkylation sites (N-methyl/N-ethyl adjacent to an activating group) is 2. The third kappa shape index (κ3) is 13.1. The molecule has 18 heteroatoms. The fourth-order valence-electron chi connectivity index (χ4n) is 9.88. The first-order valence-corrected chi connectivity index (χ1v) is 24.7. The van der Waals surface area contributed by atoms with Crippen LogP contribution in [0.4, 0.5) is 4.39 Å². The Morgan fingerprint density at radius 3 is 2.36 bits per heavy atom. The summed E-state index contributed by atoms with van der Waals surface area (Å²) >= 11 is 0. The number of methoxy groups -OCH3 is 1. The molecule has 4 N–H and O–H groups in total. The fourth-order valence-corrected chi connectivity index (χ4v) is 11.2. The number of carbonyl (C=O) groups is 1. The Morgan fingerprint density at radius 1 is 1.08 bits per heavy atom. The van der Waals surface area contributed by atoms with Crippen molar-refractivity contribution in [2.75, 3.05) is 41.0 Å². The quantitative estimate of drug-likeness (QED) is 0.181. The Kier molecular flexibility index (Phi) is 18.0. The molecule has 0 radical (unpaired) electrons. The number of alkyl halides is 1. The van der Waals surface area contributed by atoms with Crippen molar-refractivity contribution in [3.8, 4) is 0 Å². The molecule has 0 spiro atoms. The van der Waals surface area contributed by atoms with E-state index in [1.807, 2.05) is 53.6 Å². The van der Waals surface area contributed by atoms with Gasteiger partial charge in [0.1, 0.15) is 36.6 Å². The number of esters is 1. The van der Waals surface area contributed by atoms with Gasteiger partial charge in [0.05, 0.1) is 34.3 Å². The van der Waals surface area contributed by atoms with Gasteiger partial charge >= 0.3 is 5.97 Å². The molecule has 64 heavy (non-hydrogen) atoms. The molecular formula is C46H77FN6O10S. The summed E-state index contributed by atoms with van der Waals surface area (Å²) in [6, 6.07) is 5.02. The van der Waals surface area contributed by atoms with Gasteiger partial charge in [-0.05, 0) is 110 Å². The van der Waals surface area contributed by atoms with Crippen molar-refractivity contribution in [1.29, 1.82) is 0 Å². The number of nitrogens with one attached hydrogen (secondary N) is 1. The first-order valence-electron chi connectivity index (χ1n) is 23.2. The summed E-state index contributed by atoms with van der Waals surface area (Å²) in [5, 5.41) is 43.8. The van der Waals surface area contributed by atoms with Crippen LogP contribution in [-0.4, -0.2) is 156 Å². The van der Waals surface area contributed by atoms with E-state index in [0.717, 1.165) is 19.3 Å². The molecule has 1 aromatic heterocycles. The highest BCUT2D eigenvalue weighted by atomic mass is 32.2. The van der Waals surface area contributed by atoms with Crippen molar-refractivity contribution < 1.29 is 51.9 Å². The number of hydrogen-bond acceptors (Lipinski definition) is 14. The molecule has 2 aromatic rings. The number of ether oxygens (including phenoxy) is 4. The standard InChI is InChI=1S/C46H77FN6O10S/c1-12-39-46(8,57)42(54)32(6)52(10)26-28(2)24-45(7,56)43(29(3)21-30(4)44(55)62-39)63-40-23-36(22-31(5)61-40)51(9)20-19-35-27-53(50-48-35)38(25-47)41(60-11)33-13-17-37(18-14-33)64(58,59)49-34-15-16-34/h13-14,17-18,27-32,34,36,38-43,49,54,56-57H,12,15-16,19-26H2,1-11H3/t28-,29+,30-,31-,32-,36+,38-,39-,40+,41-,42-,43-,45-,46-/m1/s1. The Bertz CT molecular complexity index is 1900. The third-order valence-electron chi connectivity index (χ3n) is 13.8. The van der Waals surface area contributed by atoms with Crippen LogP contribution < -0.4 is 4.72 Å². The number of aromatic nitrogens is 3. The first-order chi connectivity index (χ1) is 30.0. The number of benzene rings is 1. The van der Waals surface area contributed by atoms with Crippen molar-refractivity contribution in [3.05, 3.63) is 41.7 Å². The van der Waals surface area contributed by atoms with Crippen LogP contribution in [0.5, 0.6) is 0 Å². The lowest BCUT2D eigenvalue weighted by Crippen LogP contribution is -2.59. The lowest BCUT2D eigenvalue weighted by atomic mass is 9.79. The number of hydrogen-bond donors (Lipinski definition) is 4. The summed E-state index contributed by atoms with van der Waals surface area (Å²) in [7, 11) is 1.76. The summed E-state index contributed by atoms with van der Waals surface area (Å²) in [5.41, 5.74) is -1.73. The van der Waals surface area contributed by atoms with Crippen LogP contribution in [-0.2, 0) is 40.2 Å². The topological polar surface area (TPSA) is 198 Å². The molecule has 3 fully saturated rings. The molecule has 16 nitrogen and oxygen atoms in total. The van der Waals surface area contributed by atoms with Crippen molar-refractivity contribution in [3.63, 3.8) is 0 Å². The molecule has 3 heterocycles. The smallest absolute Gasteiger partial charge is 0.309 e. The summed E-state index contributed by atoms with van der Waals surface area (Å²) in [6.45, 7) is 15.1. The zero-order chi connectivity index (χ0) is 47.3. The number of halogens is 1. The molecule has 2 aliphatic heterocycles. The lowest BCUT2D eigenvalue weighted by Gasteiger charge is -2.44. The van der Waals surface area contributed by atoms with E-state index in [9.17, 15) is 32.9 Å². The van der Waals surface area contributed by atoms with Gasteiger partial charge in [-0.15, -0.1) is 5.10 Å². The Hall–Kier alpha value is -2.65. The Balaban J connectivity index is 1.25. The van der Waals surface area contributed by atoms with Gasteiger partial charge < -0.3 is 44.1 Å². The van der Waals surface area contributed by atoms with E-state index >= 15 is 0 Å². The molecule has 1 aliphatic carbocycles. The normalized spacial score (nSPS) is 35.3. The lowest BCUT2D eigenvalue weighted by molar-refractivity contribution is -0.262. The van der Waals surface area contributed by atoms with Crippen LogP contribution in [0.3, 0.4) is 0 Å². The summed E-state index contributed by atoms with van der Waals surface area (Å²) < 4.78 is 69.1. The van der Waals surface area contributed by atoms with Crippen LogP contribution in [0, 0.1) is 17.8 Å². The van der Waals surface area contributed by atoms with E-state index in [0.29, 0.717) is 56.5 Å². The minimum absolute atomic E-state index is 0.0194. The SMILES string of the molecule is CC[C@H]1OC(=O)[C@H](C)C[C@H](C)[C@@H](O[C@H]2C[C@@H](N(C)CCc3cn([C@H](CF)[C@H](OC)c4ccc(S(=O)(=O)NC5CC5)cc4)nn3)C[C@@H](C)O2)[C@](C)(O)C[C@@H](C)CN(C)[C@H](C)[C@@H](O)[C@]1(C)O. The summed E-state index contributed by atoms with van der Waals surface area (Å²) in [4.78, 5) is 17.9. The maximum Gasteiger partial charge on any atom is 0.309 e. The number of cyclic esters (lactones) is 1. The van der Waals surface area contributed by atoms with Crippen molar-refractivity contribution in [2.24, 2.45) is 17.8 Å². The van der Waals surface area contributed by atoms with Crippen molar-refractivity contribution in [1.82, 2.24) is 29.5 Å². The second kappa shape index (κ2) is 22.0. The highest BCUT2D eigenvalue weighted by Crippen LogP contribution is 2.37. The van der Waals surface area contributed by atoms with Gasteiger partial charge in [0.2, 0.25) is 10.0 Å². The van der Waals surface area contributed by atoms with Crippen LogP contribution in [0.15, 0.2) is 35.4 Å². The second-order valence-corrected chi connectivity index (χ2v) is 21.5. The number of nitrogens with zero attached hydrogens (tertiary/aromatic N) is 5. The number of carbonyl (C=O) groups excluding carboxylic acids is 1. The summed E-state index contributed by atoms with van der Waals surface area (Å²) in [6.07, 6.45) is 1.85. The molecule has 3 aliphatic rings. The van der Waals surface area contributed by atoms with E-state index in [1.165, 1.54) is 30.8 Å². The highest BCUT2D eigenvalue weighted by Gasteiger charge is 2.47.